The molecule has 0 fully saturated rings. The Hall–Kier alpha value is -1.03. The van der Waals surface area contributed by atoms with E-state index in [1.165, 1.54) is 0 Å². The standard InChI is InChI=1S/C15H19Cl2N3/c1-3-6-18-14(10-15-19-7-8-20(15)2)12-5-4-11(16)9-13(12)17/h4-5,7-9,14,18H,3,6,10H2,1-2H3. The van der Waals surface area contributed by atoms with E-state index in [9.17, 15) is 0 Å². The number of nitrogens with zero attached hydrogens (tertiary/aromatic N) is 2. The van der Waals surface area contributed by atoms with Crippen LogP contribution >= 0.6 is 23.2 Å². The molecular formula is C15H19Cl2N3. The highest BCUT2D eigenvalue weighted by atomic mass is 35.5. The summed E-state index contributed by atoms with van der Waals surface area (Å²) < 4.78 is 2.03. The number of benzene rings is 1. The molecule has 0 bridgehead atoms. The lowest BCUT2D eigenvalue weighted by atomic mass is 10.0. The minimum atomic E-state index is 0.140. The lowest BCUT2D eigenvalue weighted by Gasteiger charge is -2.20. The first-order chi connectivity index (χ1) is 9.61. The van der Waals surface area contributed by atoms with Crippen molar-refractivity contribution in [2.45, 2.75) is 25.8 Å². The van der Waals surface area contributed by atoms with Gasteiger partial charge in [0, 0.05) is 41.9 Å². The first kappa shape index (κ1) is 15.4. The lowest BCUT2D eigenvalue weighted by molar-refractivity contribution is 0.512. The maximum absolute atomic E-state index is 6.33. The van der Waals surface area contributed by atoms with Crippen molar-refractivity contribution in [3.63, 3.8) is 0 Å². The summed E-state index contributed by atoms with van der Waals surface area (Å²) in [4.78, 5) is 4.39. The molecule has 1 heterocycles. The van der Waals surface area contributed by atoms with Crippen molar-refractivity contribution in [3.8, 4) is 0 Å². The molecule has 20 heavy (non-hydrogen) atoms. The first-order valence-corrected chi connectivity index (χ1v) is 7.52. The molecule has 1 N–H and O–H groups in total. The SMILES string of the molecule is CCCNC(Cc1nccn1C)c1ccc(Cl)cc1Cl. The van der Waals surface area contributed by atoms with Crippen LogP contribution in [0.25, 0.3) is 0 Å². The van der Waals surface area contributed by atoms with Crippen LogP contribution in [-0.4, -0.2) is 16.1 Å². The van der Waals surface area contributed by atoms with Gasteiger partial charge >= 0.3 is 0 Å². The van der Waals surface area contributed by atoms with Crippen LogP contribution < -0.4 is 5.32 Å². The Bertz CT molecular complexity index is 566. The summed E-state index contributed by atoms with van der Waals surface area (Å²) >= 11 is 12.3. The molecular weight excluding hydrogens is 293 g/mol. The maximum Gasteiger partial charge on any atom is 0.110 e. The number of aryl methyl sites for hydroxylation is 1. The summed E-state index contributed by atoms with van der Waals surface area (Å²) in [7, 11) is 2.00. The number of rotatable bonds is 6. The molecule has 1 aromatic carbocycles. The van der Waals surface area contributed by atoms with Crippen molar-refractivity contribution >= 4 is 23.2 Å². The third-order valence-electron chi connectivity index (χ3n) is 3.29. The Morgan fingerprint density at radius 3 is 2.75 bits per heavy atom. The van der Waals surface area contributed by atoms with Gasteiger partial charge in [0.2, 0.25) is 0 Å². The van der Waals surface area contributed by atoms with Crippen LogP contribution in [0.4, 0.5) is 0 Å². The van der Waals surface area contributed by atoms with Crippen molar-refractivity contribution in [2.24, 2.45) is 7.05 Å². The van der Waals surface area contributed by atoms with E-state index in [1.807, 2.05) is 36.1 Å². The molecule has 108 valence electrons. The monoisotopic (exact) mass is 311 g/mol. The molecule has 1 aromatic heterocycles. The molecule has 2 rings (SSSR count). The van der Waals surface area contributed by atoms with Gasteiger partial charge in [-0.3, -0.25) is 0 Å². The number of imidazole rings is 1. The fraction of sp³-hybridized carbons (Fsp3) is 0.400. The van der Waals surface area contributed by atoms with E-state index < -0.39 is 0 Å². The van der Waals surface area contributed by atoms with E-state index in [1.54, 1.807) is 6.07 Å². The highest BCUT2D eigenvalue weighted by Crippen LogP contribution is 2.28. The van der Waals surface area contributed by atoms with Crippen LogP contribution in [0.5, 0.6) is 0 Å². The summed E-state index contributed by atoms with van der Waals surface area (Å²) in [5.74, 6) is 1.03. The van der Waals surface area contributed by atoms with Crippen LogP contribution in [0, 0.1) is 0 Å². The molecule has 0 aliphatic heterocycles. The molecule has 0 saturated heterocycles. The minimum absolute atomic E-state index is 0.140. The Morgan fingerprint density at radius 2 is 2.15 bits per heavy atom. The van der Waals surface area contributed by atoms with E-state index in [-0.39, 0.29) is 6.04 Å². The van der Waals surface area contributed by atoms with Crippen LogP contribution in [-0.2, 0) is 13.5 Å². The Labute approximate surface area is 129 Å². The van der Waals surface area contributed by atoms with Gasteiger partial charge in [0.1, 0.15) is 5.82 Å². The second-order valence-electron chi connectivity index (χ2n) is 4.83. The molecule has 5 heteroatoms. The third-order valence-corrected chi connectivity index (χ3v) is 3.85. The zero-order valence-corrected chi connectivity index (χ0v) is 13.2. The number of hydrogen-bond acceptors (Lipinski definition) is 2. The average molecular weight is 312 g/mol. The average Bonchev–Trinajstić information content (AvgIpc) is 2.80. The van der Waals surface area contributed by atoms with Crippen molar-refractivity contribution in [2.75, 3.05) is 6.54 Å². The highest BCUT2D eigenvalue weighted by Gasteiger charge is 2.17. The van der Waals surface area contributed by atoms with Crippen LogP contribution in [0.15, 0.2) is 30.6 Å². The number of hydrogen-bond donors (Lipinski definition) is 1. The van der Waals surface area contributed by atoms with Crippen molar-refractivity contribution in [1.29, 1.82) is 0 Å². The topological polar surface area (TPSA) is 29.9 Å². The Morgan fingerprint density at radius 1 is 1.35 bits per heavy atom. The van der Waals surface area contributed by atoms with Gasteiger partial charge in [0.05, 0.1) is 0 Å². The maximum atomic E-state index is 6.33. The van der Waals surface area contributed by atoms with Gasteiger partial charge in [-0.2, -0.15) is 0 Å². The van der Waals surface area contributed by atoms with Gasteiger partial charge in [0.25, 0.3) is 0 Å². The van der Waals surface area contributed by atoms with Crippen molar-refractivity contribution in [1.82, 2.24) is 14.9 Å². The second-order valence-corrected chi connectivity index (χ2v) is 5.67. The quantitative estimate of drug-likeness (QED) is 0.873. The van der Waals surface area contributed by atoms with E-state index in [0.29, 0.717) is 10.0 Å². The predicted octanol–water partition coefficient (Wildman–Crippen LogP) is 4.01. The first-order valence-electron chi connectivity index (χ1n) is 6.76. The van der Waals surface area contributed by atoms with Crippen molar-refractivity contribution in [3.05, 3.63) is 52.0 Å². The fourth-order valence-corrected chi connectivity index (χ4v) is 2.71. The van der Waals surface area contributed by atoms with Crippen molar-refractivity contribution < 1.29 is 0 Å². The fourth-order valence-electron chi connectivity index (χ4n) is 2.17. The number of halogens is 2. The summed E-state index contributed by atoms with van der Waals surface area (Å²) in [6, 6.07) is 5.79. The van der Waals surface area contributed by atoms with E-state index >= 15 is 0 Å². The van der Waals surface area contributed by atoms with Gasteiger partial charge in [0.15, 0.2) is 0 Å². The van der Waals surface area contributed by atoms with Crippen LogP contribution in [0.2, 0.25) is 10.0 Å². The molecule has 1 atom stereocenters. The minimum Gasteiger partial charge on any atom is -0.338 e. The smallest absolute Gasteiger partial charge is 0.110 e. The molecule has 0 radical (unpaired) electrons. The Kier molecular flexibility index (Phi) is 5.46. The van der Waals surface area contributed by atoms with Gasteiger partial charge < -0.3 is 9.88 Å². The van der Waals surface area contributed by atoms with E-state index in [4.69, 9.17) is 23.2 Å². The summed E-state index contributed by atoms with van der Waals surface area (Å²) in [5, 5.41) is 4.88. The summed E-state index contributed by atoms with van der Waals surface area (Å²) in [5.41, 5.74) is 1.06. The molecule has 0 amide bonds. The zero-order chi connectivity index (χ0) is 14.5. The lowest BCUT2D eigenvalue weighted by Crippen LogP contribution is -2.25. The molecule has 0 spiro atoms. The predicted molar refractivity (Wildman–Crippen MR) is 84.4 cm³/mol. The normalized spacial score (nSPS) is 12.6. The highest BCUT2D eigenvalue weighted by molar-refractivity contribution is 6.35. The Balaban J connectivity index is 2.24. The van der Waals surface area contributed by atoms with Gasteiger partial charge in [-0.15, -0.1) is 0 Å². The van der Waals surface area contributed by atoms with Gasteiger partial charge in [-0.1, -0.05) is 36.2 Å². The van der Waals surface area contributed by atoms with Crippen LogP contribution in [0.3, 0.4) is 0 Å². The number of nitrogens with one attached hydrogen (secondary N) is 1. The second kappa shape index (κ2) is 7.11. The largest absolute Gasteiger partial charge is 0.338 e. The van der Waals surface area contributed by atoms with Gasteiger partial charge in [-0.25, -0.2) is 4.98 Å². The van der Waals surface area contributed by atoms with E-state index in [0.717, 1.165) is 30.8 Å². The summed E-state index contributed by atoms with van der Waals surface area (Å²) in [6.45, 7) is 3.09. The molecule has 3 nitrogen and oxygen atoms in total. The molecule has 1 unspecified atom stereocenters. The molecule has 0 aliphatic rings. The molecule has 0 saturated carbocycles. The van der Waals surface area contributed by atoms with Crippen LogP contribution in [0.1, 0.15) is 30.8 Å². The summed E-state index contributed by atoms with van der Waals surface area (Å²) in [6.07, 6.45) is 5.64. The van der Waals surface area contributed by atoms with Gasteiger partial charge in [-0.05, 0) is 30.7 Å². The molecule has 0 aliphatic carbocycles. The number of aromatic nitrogens is 2. The van der Waals surface area contributed by atoms with E-state index in [2.05, 4.69) is 17.2 Å². The third kappa shape index (κ3) is 3.75. The zero-order valence-electron chi connectivity index (χ0n) is 11.7. The molecule has 2 aromatic rings.